The Morgan fingerprint density at radius 3 is 2.30 bits per heavy atom. The summed E-state index contributed by atoms with van der Waals surface area (Å²) in [7, 11) is 0. The molecule has 1 heterocycles. The zero-order valence-electron chi connectivity index (χ0n) is 20.2. The summed E-state index contributed by atoms with van der Waals surface area (Å²) >= 11 is 0. The van der Waals surface area contributed by atoms with Crippen molar-refractivity contribution < 1.29 is 13.9 Å². The lowest BCUT2D eigenvalue weighted by molar-refractivity contribution is -0.00539. The van der Waals surface area contributed by atoms with Crippen molar-refractivity contribution in [3.8, 4) is 0 Å². The number of nitrogens with one attached hydrogen (secondary N) is 2. The van der Waals surface area contributed by atoms with Crippen molar-refractivity contribution in [2.75, 3.05) is 31.1 Å². The third-order valence-electron chi connectivity index (χ3n) is 6.07. The summed E-state index contributed by atoms with van der Waals surface area (Å²) in [5, 5.41) is 5.75. The van der Waals surface area contributed by atoms with Gasteiger partial charge in [-0.15, -0.1) is 0 Å². The van der Waals surface area contributed by atoms with Crippen LogP contribution in [-0.4, -0.2) is 49.3 Å². The van der Waals surface area contributed by atoms with E-state index in [9.17, 15) is 9.18 Å². The summed E-state index contributed by atoms with van der Waals surface area (Å²) in [6, 6.07) is 13.0. The minimum absolute atomic E-state index is 0.0651. The van der Waals surface area contributed by atoms with Gasteiger partial charge in [0, 0.05) is 32.7 Å². The van der Waals surface area contributed by atoms with Crippen molar-refractivity contribution in [3.05, 3.63) is 65.0 Å². The monoisotopic (exact) mass is 456 g/mol. The van der Waals surface area contributed by atoms with Crippen LogP contribution in [0.5, 0.6) is 0 Å². The topological polar surface area (TPSA) is 56.8 Å². The van der Waals surface area contributed by atoms with Crippen LogP contribution < -0.4 is 15.5 Å². The molecule has 0 saturated carbocycles. The van der Waals surface area contributed by atoms with Crippen LogP contribution in [0.2, 0.25) is 0 Å². The molecule has 7 heteroatoms. The highest BCUT2D eigenvalue weighted by atomic mass is 19.1. The van der Waals surface area contributed by atoms with Crippen molar-refractivity contribution in [3.63, 3.8) is 0 Å². The van der Waals surface area contributed by atoms with Crippen molar-refractivity contribution in [1.29, 1.82) is 0 Å². The summed E-state index contributed by atoms with van der Waals surface area (Å²) < 4.78 is 20.5. The van der Waals surface area contributed by atoms with Crippen LogP contribution in [0.25, 0.3) is 0 Å². The molecule has 1 aliphatic heterocycles. The van der Waals surface area contributed by atoms with Gasteiger partial charge in [0.1, 0.15) is 5.82 Å². The largest absolute Gasteiger partial charge is 0.372 e. The van der Waals surface area contributed by atoms with Crippen molar-refractivity contribution in [2.24, 2.45) is 0 Å². The highest BCUT2D eigenvalue weighted by Gasteiger charge is 2.24. The number of urea groups is 1. The third-order valence-corrected chi connectivity index (χ3v) is 6.07. The van der Waals surface area contributed by atoms with E-state index in [0.717, 1.165) is 30.8 Å². The predicted molar refractivity (Wildman–Crippen MR) is 131 cm³/mol. The second kappa shape index (κ2) is 12.0. The van der Waals surface area contributed by atoms with Gasteiger partial charge in [-0.05, 0) is 55.8 Å². The minimum atomic E-state index is -0.277. The van der Waals surface area contributed by atoms with E-state index in [-0.39, 0.29) is 30.6 Å². The van der Waals surface area contributed by atoms with Crippen LogP contribution in [0.3, 0.4) is 0 Å². The third kappa shape index (κ3) is 7.17. The van der Waals surface area contributed by atoms with Gasteiger partial charge in [0.15, 0.2) is 0 Å². The molecule has 180 valence electrons. The number of anilines is 1. The van der Waals surface area contributed by atoms with Gasteiger partial charge in [0.05, 0.1) is 17.9 Å². The molecule has 2 amide bonds. The van der Waals surface area contributed by atoms with Gasteiger partial charge in [-0.1, -0.05) is 44.2 Å². The summed E-state index contributed by atoms with van der Waals surface area (Å²) in [6.07, 6.45) is 0.130. The number of nitrogens with zero attached hydrogens (tertiary/aromatic N) is 2. The molecule has 1 fully saturated rings. The summed E-state index contributed by atoms with van der Waals surface area (Å²) in [5.41, 5.74) is 3.62. The lowest BCUT2D eigenvalue weighted by Crippen LogP contribution is -2.45. The van der Waals surface area contributed by atoms with E-state index < -0.39 is 0 Å². The van der Waals surface area contributed by atoms with Gasteiger partial charge >= 0.3 is 6.03 Å². The molecule has 2 unspecified atom stereocenters. The number of hydrogen-bond donors (Lipinski definition) is 2. The van der Waals surface area contributed by atoms with Crippen LogP contribution in [0.1, 0.15) is 44.4 Å². The van der Waals surface area contributed by atoms with Crippen LogP contribution in [0, 0.1) is 5.82 Å². The zero-order chi connectivity index (χ0) is 23.8. The van der Waals surface area contributed by atoms with Gasteiger partial charge in [-0.2, -0.15) is 0 Å². The Balaban J connectivity index is 1.52. The molecule has 0 spiro atoms. The number of carbonyl (C=O) groups excluding carboxylic acids is 1. The molecular formula is C26H37FN4O2. The number of hydrogen-bond acceptors (Lipinski definition) is 4. The van der Waals surface area contributed by atoms with Gasteiger partial charge < -0.3 is 20.3 Å². The maximum absolute atomic E-state index is 14.8. The van der Waals surface area contributed by atoms with Crippen LogP contribution >= 0.6 is 0 Å². The van der Waals surface area contributed by atoms with Crippen molar-refractivity contribution >= 4 is 11.7 Å². The molecule has 2 aromatic rings. The number of carbonyl (C=O) groups is 1. The van der Waals surface area contributed by atoms with E-state index in [4.69, 9.17) is 4.74 Å². The first-order valence-electron chi connectivity index (χ1n) is 11.9. The Morgan fingerprint density at radius 2 is 1.67 bits per heavy atom. The molecule has 1 aliphatic rings. The number of halogens is 1. The number of morpholine rings is 1. The molecule has 1 saturated heterocycles. The smallest absolute Gasteiger partial charge is 0.315 e. The fourth-order valence-electron chi connectivity index (χ4n) is 4.28. The second-order valence-corrected chi connectivity index (χ2v) is 8.71. The predicted octanol–water partition coefficient (Wildman–Crippen LogP) is 4.28. The Bertz CT molecular complexity index is 909. The number of benzene rings is 2. The number of ether oxygens (including phenoxy) is 1. The highest BCUT2D eigenvalue weighted by Crippen LogP contribution is 2.24. The standard InChI is InChI=1S/C26H37FN4O2/c1-5-30(6-2)18-23-10-8-7-9-22(23)15-29-26(32)28-14-21-11-12-25(24(27)13-21)31-16-19(3)33-20(4)17-31/h7-13,19-20H,5-6,14-18H2,1-4H3,(H2,28,29,32). The van der Waals surface area contributed by atoms with Crippen LogP contribution in [0.4, 0.5) is 14.9 Å². The van der Waals surface area contributed by atoms with Gasteiger partial charge in [0.2, 0.25) is 0 Å². The maximum atomic E-state index is 14.8. The van der Waals surface area contributed by atoms with Gasteiger partial charge in [0.25, 0.3) is 0 Å². The first-order valence-corrected chi connectivity index (χ1v) is 11.9. The van der Waals surface area contributed by atoms with Crippen LogP contribution in [-0.2, 0) is 24.4 Å². The fraction of sp³-hybridized carbons (Fsp3) is 0.500. The maximum Gasteiger partial charge on any atom is 0.315 e. The molecule has 0 radical (unpaired) electrons. The van der Waals surface area contributed by atoms with Crippen molar-refractivity contribution in [2.45, 2.75) is 59.5 Å². The van der Waals surface area contributed by atoms with E-state index in [1.807, 2.05) is 43.0 Å². The van der Waals surface area contributed by atoms with Gasteiger partial charge in [-0.25, -0.2) is 9.18 Å². The summed E-state index contributed by atoms with van der Waals surface area (Å²) in [4.78, 5) is 16.7. The lowest BCUT2D eigenvalue weighted by atomic mass is 10.1. The average Bonchev–Trinajstić information content (AvgIpc) is 2.79. The van der Waals surface area contributed by atoms with E-state index in [1.54, 1.807) is 6.07 Å². The molecule has 2 aromatic carbocycles. The summed E-state index contributed by atoms with van der Waals surface area (Å²) in [6.45, 7) is 13.2. The van der Waals surface area contributed by atoms with E-state index in [0.29, 0.717) is 25.3 Å². The van der Waals surface area contributed by atoms with Crippen LogP contribution in [0.15, 0.2) is 42.5 Å². The molecule has 0 aliphatic carbocycles. The molecule has 2 N–H and O–H groups in total. The normalized spacial score (nSPS) is 18.4. The molecule has 3 rings (SSSR count). The first kappa shape index (κ1) is 25.0. The summed E-state index contributed by atoms with van der Waals surface area (Å²) in [5.74, 6) is -0.277. The number of amides is 2. The molecular weight excluding hydrogens is 419 g/mol. The fourth-order valence-corrected chi connectivity index (χ4v) is 4.28. The lowest BCUT2D eigenvalue weighted by Gasteiger charge is -2.37. The molecule has 0 aromatic heterocycles. The Morgan fingerprint density at radius 1 is 1.03 bits per heavy atom. The second-order valence-electron chi connectivity index (χ2n) is 8.71. The molecule has 0 bridgehead atoms. The Kier molecular flexibility index (Phi) is 9.09. The SMILES string of the molecule is CCN(CC)Cc1ccccc1CNC(=O)NCc1ccc(N2CC(C)OC(C)C2)c(F)c1. The molecule has 6 nitrogen and oxygen atoms in total. The zero-order valence-corrected chi connectivity index (χ0v) is 20.2. The van der Waals surface area contributed by atoms with Gasteiger partial charge in [-0.3, -0.25) is 4.90 Å². The Hall–Kier alpha value is -2.64. The first-order chi connectivity index (χ1) is 15.9. The Labute approximate surface area is 197 Å². The van der Waals surface area contributed by atoms with E-state index in [1.165, 1.54) is 11.6 Å². The number of rotatable bonds is 9. The average molecular weight is 457 g/mol. The highest BCUT2D eigenvalue weighted by molar-refractivity contribution is 5.73. The van der Waals surface area contributed by atoms with E-state index in [2.05, 4.69) is 35.4 Å². The minimum Gasteiger partial charge on any atom is -0.372 e. The quantitative estimate of drug-likeness (QED) is 0.591. The molecule has 33 heavy (non-hydrogen) atoms. The molecule has 2 atom stereocenters. The van der Waals surface area contributed by atoms with Crippen molar-refractivity contribution in [1.82, 2.24) is 15.5 Å². The van der Waals surface area contributed by atoms with E-state index >= 15 is 0 Å².